The molecular formula is C28H24BrN3O5S. The Hall–Kier alpha value is -4.02. The summed E-state index contributed by atoms with van der Waals surface area (Å²) in [6, 6.07) is 20.7. The molecule has 0 fully saturated rings. The van der Waals surface area contributed by atoms with E-state index in [1.807, 2.05) is 42.5 Å². The molecule has 38 heavy (non-hydrogen) atoms. The first-order valence-corrected chi connectivity index (χ1v) is 13.3. The average molecular weight is 594 g/mol. The summed E-state index contributed by atoms with van der Waals surface area (Å²) in [6.45, 7) is 0.194. The quantitative estimate of drug-likeness (QED) is 0.250. The first-order valence-electron chi connectivity index (χ1n) is 11.6. The van der Waals surface area contributed by atoms with Gasteiger partial charge in [-0.25, -0.2) is 4.79 Å². The number of ether oxygens (including phenoxy) is 1. The first-order chi connectivity index (χ1) is 18.4. The van der Waals surface area contributed by atoms with E-state index in [2.05, 4.69) is 31.9 Å². The molecule has 4 rings (SSSR count). The van der Waals surface area contributed by atoms with Gasteiger partial charge in [-0.05, 0) is 61.9 Å². The molecule has 4 aromatic rings. The SMILES string of the molecule is COC(=O)[C@H](CNC(=O)c1cccs1)NC(=O)c1ccc(C(=O)NCc2cccc3ccccc23)cc1Br. The molecule has 3 N–H and O–H groups in total. The second kappa shape index (κ2) is 12.5. The number of nitrogens with one attached hydrogen (secondary N) is 3. The Morgan fingerprint density at radius 2 is 1.68 bits per heavy atom. The lowest BCUT2D eigenvalue weighted by atomic mass is 10.0. The lowest BCUT2D eigenvalue weighted by Crippen LogP contribution is -2.49. The van der Waals surface area contributed by atoms with Crippen LogP contribution >= 0.6 is 27.3 Å². The standard InChI is InChI=1S/C28H24BrN3O5S/c1-37-28(36)23(16-31-27(35)24-10-5-13-38-24)32-26(34)21-12-11-18(14-22(21)29)25(33)30-15-19-8-4-7-17-6-2-3-9-20(17)19/h2-14,23H,15-16H2,1H3,(H,30,33)(H,31,35)(H,32,34)/t23-/m0/s1. The van der Waals surface area contributed by atoms with Crippen molar-refractivity contribution in [3.63, 3.8) is 0 Å². The highest BCUT2D eigenvalue weighted by atomic mass is 79.9. The molecule has 1 heterocycles. The van der Waals surface area contributed by atoms with Crippen LogP contribution in [0.5, 0.6) is 0 Å². The van der Waals surface area contributed by atoms with Crippen LogP contribution in [0.25, 0.3) is 10.8 Å². The molecule has 1 aromatic heterocycles. The highest BCUT2D eigenvalue weighted by molar-refractivity contribution is 9.10. The number of methoxy groups -OCH3 is 1. The lowest BCUT2D eigenvalue weighted by Gasteiger charge is -2.17. The number of hydrogen-bond donors (Lipinski definition) is 3. The Balaban J connectivity index is 1.40. The van der Waals surface area contributed by atoms with Gasteiger partial charge in [0.15, 0.2) is 0 Å². The molecule has 3 amide bonds. The van der Waals surface area contributed by atoms with Gasteiger partial charge in [0.05, 0.1) is 17.6 Å². The van der Waals surface area contributed by atoms with Gasteiger partial charge in [-0.15, -0.1) is 11.3 Å². The van der Waals surface area contributed by atoms with Crippen LogP contribution in [0, 0.1) is 0 Å². The van der Waals surface area contributed by atoms with Gasteiger partial charge in [0.1, 0.15) is 6.04 Å². The second-order valence-electron chi connectivity index (χ2n) is 8.25. The number of benzene rings is 3. The van der Waals surface area contributed by atoms with E-state index in [9.17, 15) is 19.2 Å². The minimum absolute atomic E-state index is 0.151. The molecular weight excluding hydrogens is 570 g/mol. The summed E-state index contributed by atoms with van der Waals surface area (Å²) in [6.07, 6.45) is 0. The average Bonchev–Trinajstić information content (AvgIpc) is 3.48. The molecule has 0 radical (unpaired) electrons. The predicted molar refractivity (Wildman–Crippen MR) is 149 cm³/mol. The van der Waals surface area contributed by atoms with Crippen LogP contribution in [-0.2, 0) is 16.1 Å². The van der Waals surface area contributed by atoms with Crippen molar-refractivity contribution in [2.75, 3.05) is 13.7 Å². The van der Waals surface area contributed by atoms with Gasteiger partial charge in [-0.1, -0.05) is 48.5 Å². The third-order valence-corrected chi connectivity index (χ3v) is 7.32. The zero-order valence-electron chi connectivity index (χ0n) is 20.3. The van der Waals surface area contributed by atoms with E-state index in [0.717, 1.165) is 16.3 Å². The molecule has 10 heteroatoms. The van der Waals surface area contributed by atoms with E-state index in [-0.39, 0.29) is 23.9 Å². The number of thiophene rings is 1. The van der Waals surface area contributed by atoms with Crippen LogP contribution in [-0.4, -0.2) is 43.4 Å². The molecule has 8 nitrogen and oxygen atoms in total. The number of carbonyl (C=O) groups is 4. The van der Waals surface area contributed by atoms with Crippen molar-refractivity contribution in [1.82, 2.24) is 16.0 Å². The van der Waals surface area contributed by atoms with Crippen molar-refractivity contribution in [3.05, 3.63) is 104 Å². The molecule has 0 aliphatic rings. The van der Waals surface area contributed by atoms with Gasteiger partial charge in [0.2, 0.25) is 0 Å². The van der Waals surface area contributed by atoms with E-state index >= 15 is 0 Å². The molecule has 3 aromatic carbocycles. The first kappa shape index (κ1) is 27.0. The molecule has 0 bridgehead atoms. The van der Waals surface area contributed by atoms with Crippen LogP contribution in [0.1, 0.15) is 36.0 Å². The normalized spacial score (nSPS) is 11.4. The third-order valence-electron chi connectivity index (χ3n) is 5.80. The maximum Gasteiger partial charge on any atom is 0.330 e. The zero-order chi connectivity index (χ0) is 27.1. The number of esters is 1. The van der Waals surface area contributed by atoms with E-state index in [4.69, 9.17) is 4.74 Å². The fourth-order valence-electron chi connectivity index (χ4n) is 3.83. The molecule has 0 aliphatic heterocycles. The minimum atomic E-state index is -1.10. The Kier molecular flexibility index (Phi) is 8.88. The van der Waals surface area contributed by atoms with Crippen LogP contribution < -0.4 is 16.0 Å². The molecule has 0 saturated heterocycles. The number of amides is 3. The monoisotopic (exact) mass is 593 g/mol. The van der Waals surface area contributed by atoms with Gasteiger partial charge in [-0.3, -0.25) is 14.4 Å². The summed E-state index contributed by atoms with van der Waals surface area (Å²) in [5.74, 6) is -1.93. The minimum Gasteiger partial charge on any atom is -0.467 e. The van der Waals surface area contributed by atoms with Crippen LogP contribution in [0.2, 0.25) is 0 Å². The van der Waals surface area contributed by atoms with Crippen LogP contribution in [0.15, 0.2) is 82.6 Å². The molecule has 0 spiro atoms. The zero-order valence-corrected chi connectivity index (χ0v) is 22.7. The van der Waals surface area contributed by atoms with E-state index < -0.39 is 17.9 Å². The number of rotatable bonds is 9. The number of halogens is 1. The highest BCUT2D eigenvalue weighted by Gasteiger charge is 2.24. The summed E-state index contributed by atoms with van der Waals surface area (Å²) < 4.78 is 5.15. The van der Waals surface area contributed by atoms with Crippen molar-refractivity contribution in [3.8, 4) is 0 Å². The summed E-state index contributed by atoms with van der Waals surface area (Å²) >= 11 is 4.61. The number of hydrogen-bond acceptors (Lipinski definition) is 6. The fourth-order valence-corrected chi connectivity index (χ4v) is 5.02. The van der Waals surface area contributed by atoms with Crippen molar-refractivity contribution >= 4 is 61.7 Å². The van der Waals surface area contributed by atoms with Crippen molar-refractivity contribution < 1.29 is 23.9 Å². The second-order valence-corrected chi connectivity index (χ2v) is 10.1. The van der Waals surface area contributed by atoms with E-state index in [0.29, 0.717) is 21.5 Å². The lowest BCUT2D eigenvalue weighted by molar-refractivity contribution is -0.142. The highest BCUT2D eigenvalue weighted by Crippen LogP contribution is 2.21. The Bertz CT molecular complexity index is 1480. The smallest absolute Gasteiger partial charge is 0.330 e. The van der Waals surface area contributed by atoms with Gasteiger partial charge >= 0.3 is 5.97 Å². The topological polar surface area (TPSA) is 114 Å². The summed E-state index contributed by atoms with van der Waals surface area (Å²) in [7, 11) is 1.20. The third kappa shape index (κ3) is 6.45. The van der Waals surface area contributed by atoms with Gasteiger partial charge < -0.3 is 20.7 Å². The maximum absolute atomic E-state index is 12.9. The van der Waals surface area contributed by atoms with Crippen molar-refractivity contribution in [2.24, 2.45) is 0 Å². The molecule has 0 unspecified atom stereocenters. The van der Waals surface area contributed by atoms with Gasteiger partial charge in [0.25, 0.3) is 17.7 Å². The largest absolute Gasteiger partial charge is 0.467 e. The van der Waals surface area contributed by atoms with Crippen LogP contribution in [0.4, 0.5) is 0 Å². The Morgan fingerprint density at radius 3 is 2.42 bits per heavy atom. The molecule has 1 atom stereocenters. The van der Waals surface area contributed by atoms with E-state index in [1.165, 1.54) is 30.6 Å². The maximum atomic E-state index is 12.9. The molecule has 0 saturated carbocycles. The van der Waals surface area contributed by atoms with Gasteiger partial charge in [-0.2, -0.15) is 0 Å². The molecule has 0 aliphatic carbocycles. The summed E-state index contributed by atoms with van der Waals surface area (Å²) in [4.78, 5) is 50.7. The van der Waals surface area contributed by atoms with E-state index in [1.54, 1.807) is 23.6 Å². The Labute approximate surface area is 231 Å². The summed E-state index contributed by atoms with van der Waals surface area (Å²) in [5, 5.41) is 12.0. The van der Waals surface area contributed by atoms with Gasteiger partial charge in [0, 0.05) is 23.1 Å². The molecule has 194 valence electrons. The Morgan fingerprint density at radius 1 is 0.895 bits per heavy atom. The number of carbonyl (C=O) groups excluding carboxylic acids is 4. The van der Waals surface area contributed by atoms with Crippen molar-refractivity contribution in [1.29, 1.82) is 0 Å². The number of fused-ring (bicyclic) bond motifs is 1. The summed E-state index contributed by atoms with van der Waals surface area (Å²) in [5.41, 5.74) is 1.57. The fraction of sp³-hybridized carbons (Fsp3) is 0.143. The van der Waals surface area contributed by atoms with Crippen molar-refractivity contribution in [2.45, 2.75) is 12.6 Å². The van der Waals surface area contributed by atoms with Crippen LogP contribution in [0.3, 0.4) is 0 Å². The predicted octanol–water partition coefficient (Wildman–Crippen LogP) is 4.30.